The first-order chi connectivity index (χ1) is 11.0. The normalized spacial score (nSPS) is 10.3. The van der Waals surface area contributed by atoms with E-state index in [-0.39, 0.29) is 11.7 Å². The van der Waals surface area contributed by atoms with Crippen LogP contribution < -0.4 is 9.47 Å². The third kappa shape index (κ3) is 4.22. The predicted octanol–water partition coefficient (Wildman–Crippen LogP) is 3.51. The molecule has 5 heteroatoms. The third-order valence-electron chi connectivity index (χ3n) is 3.39. The molecule has 23 heavy (non-hydrogen) atoms. The van der Waals surface area contributed by atoms with Gasteiger partial charge in [0.15, 0.2) is 11.5 Å². The Balaban J connectivity index is 2.13. The van der Waals surface area contributed by atoms with Gasteiger partial charge in [-0.1, -0.05) is 12.1 Å². The maximum Gasteiger partial charge on any atom is 0.254 e. The van der Waals surface area contributed by atoms with Crippen LogP contribution in [0.1, 0.15) is 22.8 Å². The number of hydrogen-bond donors (Lipinski definition) is 0. The second-order valence-electron chi connectivity index (χ2n) is 5.09. The summed E-state index contributed by atoms with van der Waals surface area (Å²) < 4.78 is 23.6. The molecule has 0 saturated heterocycles. The number of rotatable bonds is 6. The first-order valence-electron chi connectivity index (χ1n) is 7.36. The molecule has 0 aliphatic heterocycles. The van der Waals surface area contributed by atoms with Crippen molar-refractivity contribution in [3.63, 3.8) is 0 Å². The quantitative estimate of drug-likeness (QED) is 0.818. The van der Waals surface area contributed by atoms with Crippen LogP contribution in [0.3, 0.4) is 0 Å². The van der Waals surface area contributed by atoms with Crippen molar-refractivity contribution < 1.29 is 18.7 Å². The molecule has 4 nitrogen and oxygen atoms in total. The molecule has 0 aliphatic rings. The number of amides is 1. The molecule has 1 amide bonds. The van der Waals surface area contributed by atoms with Crippen LogP contribution in [0.15, 0.2) is 42.5 Å². The van der Waals surface area contributed by atoms with E-state index in [1.54, 1.807) is 42.3 Å². The van der Waals surface area contributed by atoms with Crippen molar-refractivity contribution in [2.24, 2.45) is 0 Å². The van der Waals surface area contributed by atoms with Gasteiger partial charge >= 0.3 is 0 Å². The molecule has 0 N–H and O–H groups in total. The monoisotopic (exact) mass is 317 g/mol. The number of carbonyl (C=O) groups excluding carboxylic acids is 1. The fourth-order valence-electron chi connectivity index (χ4n) is 2.23. The van der Waals surface area contributed by atoms with Crippen molar-refractivity contribution in [2.75, 3.05) is 20.8 Å². The van der Waals surface area contributed by atoms with Gasteiger partial charge in [0.25, 0.3) is 5.91 Å². The summed E-state index contributed by atoms with van der Waals surface area (Å²) in [7, 11) is 3.24. The Labute approximate surface area is 135 Å². The summed E-state index contributed by atoms with van der Waals surface area (Å²) in [6.07, 6.45) is 0. The lowest BCUT2D eigenvalue weighted by Gasteiger charge is -2.18. The molecule has 0 aliphatic carbocycles. The Morgan fingerprint density at radius 3 is 2.43 bits per heavy atom. The molecule has 0 fully saturated rings. The van der Waals surface area contributed by atoms with Gasteiger partial charge in [-0.2, -0.15) is 0 Å². The van der Waals surface area contributed by atoms with E-state index in [1.807, 2.05) is 6.92 Å². The highest BCUT2D eigenvalue weighted by atomic mass is 19.1. The van der Waals surface area contributed by atoms with Crippen LogP contribution in [-0.4, -0.2) is 31.6 Å². The van der Waals surface area contributed by atoms with E-state index in [0.717, 1.165) is 5.56 Å². The minimum absolute atomic E-state index is 0.143. The number of methoxy groups -OCH3 is 1. The molecule has 0 saturated carbocycles. The van der Waals surface area contributed by atoms with Crippen molar-refractivity contribution in [3.8, 4) is 11.5 Å². The summed E-state index contributed by atoms with van der Waals surface area (Å²) in [6, 6.07) is 11.2. The molecule has 0 radical (unpaired) electrons. The van der Waals surface area contributed by atoms with E-state index < -0.39 is 0 Å². The lowest BCUT2D eigenvalue weighted by atomic mass is 10.1. The van der Waals surface area contributed by atoms with Crippen LogP contribution in [0.25, 0.3) is 0 Å². The van der Waals surface area contributed by atoms with Crippen LogP contribution in [0.2, 0.25) is 0 Å². The lowest BCUT2D eigenvalue weighted by molar-refractivity contribution is 0.0784. The highest BCUT2D eigenvalue weighted by Gasteiger charge is 2.15. The van der Waals surface area contributed by atoms with E-state index in [2.05, 4.69) is 0 Å². The maximum atomic E-state index is 12.9. The standard InChI is InChI=1S/C18H20FNO3/c1-4-23-16-10-7-14(11-17(16)22-3)18(21)20(2)12-13-5-8-15(19)9-6-13/h5-11H,4,12H2,1-3H3. The van der Waals surface area contributed by atoms with Gasteiger partial charge in [-0.05, 0) is 42.8 Å². The van der Waals surface area contributed by atoms with Gasteiger partial charge in [0.2, 0.25) is 0 Å². The molecular formula is C18H20FNO3. The average Bonchev–Trinajstić information content (AvgIpc) is 2.57. The van der Waals surface area contributed by atoms with E-state index in [0.29, 0.717) is 30.2 Å². The summed E-state index contributed by atoms with van der Waals surface area (Å²) >= 11 is 0. The predicted molar refractivity (Wildman–Crippen MR) is 86.4 cm³/mol. The molecule has 2 aromatic rings. The van der Waals surface area contributed by atoms with Crippen LogP contribution in [-0.2, 0) is 6.54 Å². The Morgan fingerprint density at radius 2 is 1.83 bits per heavy atom. The lowest BCUT2D eigenvalue weighted by Crippen LogP contribution is -2.26. The van der Waals surface area contributed by atoms with Gasteiger partial charge in [0.05, 0.1) is 13.7 Å². The van der Waals surface area contributed by atoms with Crippen molar-refractivity contribution >= 4 is 5.91 Å². The summed E-state index contributed by atoms with van der Waals surface area (Å²) in [4.78, 5) is 14.1. The summed E-state index contributed by atoms with van der Waals surface area (Å²) in [5, 5.41) is 0. The number of halogens is 1. The summed E-state index contributed by atoms with van der Waals surface area (Å²) in [5.41, 5.74) is 1.37. The molecule has 2 aromatic carbocycles. The Hall–Kier alpha value is -2.56. The maximum absolute atomic E-state index is 12.9. The number of ether oxygens (including phenoxy) is 2. The van der Waals surface area contributed by atoms with Crippen molar-refractivity contribution in [2.45, 2.75) is 13.5 Å². The summed E-state index contributed by atoms with van der Waals surface area (Å²) in [6.45, 7) is 2.80. The molecule has 0 heterocycles. The van der Waals surface area contributed by atoms with E-state index in [4.69, 9.17) is 9.47 Å². The van der Waals surface area contributed by atoms with Gasteiger partial charge < -0.3 is 14.4 Å². The second kappa shape index (κ2) is 7.63. The Kier molecular flexibility index (Phi) is 5.57. The number of benzene rings is 2. The minimum atomic E-state index is -0.293. The van der Waals surface area contributed by atoms with E-state index in [1.165, 1.54) is 19.2 Å². The molecule has 2 rings (SSSR count). The molecule has 0 unspecified atom stereocenters. The first-order valence-corrected chi connectivity index (χ1v) is 7.36. The van der Waals surface area contributed by atoms with Crippen molar-refractivity contribution in [3.05, 3.63) is 59.4 Å². The molecule has 0 aromatic heterocycles. The third-order valence-corrected chi connectivity index (χ3v) is 3.39. The van der Waals surface area contributed by atoms with Gasteiger partial charge in [-0.25, -0.2) is 4.39 Å². The number of carbonyl (C=O) groups is 1. The molecule has 0 atom stereocenters. The zero-order chi connectivity index (χ0) is 16.8. The average molecular weight is 317 g/mol. The van der Waals surface area contributed by atoms with Crippen molar-refractivity contribution in [1.29, 1.82) is 0 Å². The van der Waals surface area contributed by atoms with Crippen LogP contribution in [0.4, 0.5) is 4.39 Å². The Morgan fingerprint density at radius 1 is 1.13 bits per heavy atom. The molecular weight excluding hydrogens is 297 g/mol. The van der Waals surface area contributed by atoms with E-state index >= 15 is 0 Å². The molecule has 0 spiro atoms. The topological polar surface area (TPSA) is 38.8 Å². The summed E-state index contributed by atoms with van der Waals surface area (Å²) in [5.74, 6) is 0.690. The van der Waals surface area contributed by atoms with Crippen LogP contribution in [0, 0.1) is 5.82 Å². The van der Waals surface area contributed by atoms with Gasteiger partial charge in [0.1, 0.15) is 5.82 Å². The smallest absolute Gasteiger partial charge is 0.254 e. The first kappa shape index (κ1) is 16.8. The number of hydrogen-bond acceptors (Lipinski definition) is 3. The van der Waals surface area contributed by atoms with Gasteiger partial charge in [-0.3, -0.25) is 4.79 Å². The second-order valence-corrected chi connectivity index (χ2v) is 5.09. The SMILES string of the molecule is CCOc1ccc(C(=O)N(C)Cc2ccc(F)cc2)cc1OC. The van der Waals surface area contributed by atoms with Gasteiger partial charge in [0, 0.05) is 19.2 Å². The van der Waals surface area contributed by atoms with Crippen LogP contribution in [0.5, 0.6) is 11.5 Å². The van der Waals surface area contributed by atoms with Gasteiger partial charge in [-0.15, -0.1) is 0 Å². The highest BCUT2D eigenvalue weighted by molar-refractivity contribution is 5.94. The molecule has 0 bridgehead atoms. The fourth-order valence-corrected chi connectivity index (χ4v) is 2.23. The molecule has 122 valence electrons. The van der Waals surface area contributed by atoms with E-state index in [9.17, 15) is 9.18 Å². The Bertz CT molecular complexity index is 670. The fraction of sp³-hybridized carbons (Fsp3) is 0.278. The van der Waals surface area contributed by atoms with Crippen molar-refractivity contribution in [1.82, 2.24) is 4.90 Å². The van der Waals surface area contributed by atoms with Crippen LogP contribution >= 0.6 is 0 Å². The zero-order valence-corrected chi connectivity index (χ0v) is 13.5. The largest absolute Gasteiger partial charge is 0.493 e. The highest BCUT2D eigenvalue weighted by Crippen LogP contribution is 2.28. The minimum Gasteiger partial charge on any atom is -0.493 e. The number of nitrogens with zero attached hydrogens (tertiary/aromatic N) is 1. The zero-order valence-electron chi connectivity index (χ0n) is 13.5.